The van der Waals surface area contributed by atoms with Gasteiger partial charge in [-0.05, 0) is 30.4 Å². The number of Topliss-reactive ketones (excluding diaryl/α,β-unsaturated/α-hetero) is 1. The molecule has 1 aromatic rings. The van der Waals surface area contributed by atoms with Crippen LogP contribution in [0.3, 0.4) is 0 Å². The van der Waals surface area contributed by atoms with E-state index >= 15 is 0 Å². The first kappa shape index (κ1) is 14.1. The van der Waals surface area contributed by atoms with Crippen molar-refractivity contribution >= 4 is 17.4 Å². The van der Waals surface area contributed by atoms with Crippen LogP contribution in [0, 0.1) is 5.92 Å². The van der Waals surface area contributed by atoms with Crippen molar-refractivity contribution in [2.24, 2.45) is 5.92 Å². The Labute approximate surface area is 125 Å². The Hall–Kier alpha value is -1.84. The quantitative estimate of drug-likeness (QED) is 0.928. The Morgan fingerprint density at radius 3 is 2.67 bits per heavy atom. The minimum Gasteiger partial charge on any atom is -0.384 e. The standard InChI is InChI=1S/C17H22N2O2/c1-12(20)19-8-6-13(7-9-19)10-17(21)15-11-18-16-5-3-2-4-14(15)16/h2-5,13,15,18H,6-11H2,1H3. The highest BCUT2D eigenvalue weighted by atomic mass is 16.2. The number of nitrogens with zero attached hydrogens (tertiary/aromatic N) is 1. The van der Waals surface area contributed by atoms with Gasteiger partial charge in [-0.2, -0.15) is 0 Å². The van der Waals surface area contributed by atoms with E-state index in [1.807, 2.05) is 23.1 Å². The van der Waals surface area contributed by atoms with Crippen molar-refractivity contribution in [3.63, 3.8) is 0 Å². The van der Waals surface area contributed by atoms with Crippen molar-refractivity contribution < 1.29 is 9.59 Å². The van der Waals surface area contributed by atoms with Crippen LogP contribution in [-0.4, -0.2) is 36.2 Å². The van der Waals surface area contributed by atoms with Crippen LogP contribution in [0.5, 0.6) is 0 Å². The summed E-state index contributed by atoms with van der Waals surface area (Å²) in [5.41, 5.74) is 2.24. The van der Waals surface area contributed by atoms with E-state index in [9.17, 15) is 9.59 Å². The van der Waals surface area contributed by atoms with E-state index < -0.39 is 0 Å². The first-order valence-electron chi connectivity index (χ1n) is 7.76. The smallest absolute Gasteiger partial charge is 0.219 e. The number of anilines is 1. The van der Waals surface area contributed by atoms with Crippen LogP contribution < -0.4 is 5.32 Å². The van der Waals surface area contributed by atoms with Crippen molar-refractivity contribution in [1.82, 2.24) is 4.90 Å². The first-order chi connectivity index (χ1) is 10.1. The third kappa shape index (κ3) is 2.94. The highest BCUT2D eigenvalue weighted by Gasteiger charge is 2.30. The number of benzene rings is 1. The van der Waals surface area contributed by atoms with E-state index in [0.717, 1.165) is 43.7 Å². The van der Waals surface area contributed by atoms with Gasteiger partial charge in [-0.25, -0.2) is 0 Å². The van der Waals surface area contributed by atoms with E-state index in [1.165, 1.54) is 0 Å². The van der Waals surface area contributed by atoms with E-state index in [2.05, 4.69) is 11.4 Å². The fourth-order valence-corrected chi connectivity index (χ4v) is 3.45. The fourth-order valence-electron chi connectivity index (χ4n) is 3.45. The van der Waals surface area contributed by atoms with E-state index in [0.29, 0.717) is 18.1 Å². The van der Waals surface area contributed by atoms with Crippen molar-refractivity contribution in [2.75, 3.05) is 25.0 Å². The third-order valence-electron chi connectivity index (χ3n) is 4.77. The molecule has 1 aromatic carbocycles. The van der Waals surface area contributed by atoms with Crippen molar-refractivity contribution in [1.29, 1.82) is 0 Å². The predicted octanol–water partition coefficient (Wildman–Crippen LogP) is 2.41. The summed E-state index contributed by atoms with van der Waals surface area (Å²) in [5.74, 6) is 0.926. The maximum Gasteiger partial charge on any atom is 0.219 e. The minimum absolute atomic E-state index is 0.00652. The molecule has 1 amide bonds. The lowest BCUT2D eigenvalue weighted by atomic mass is 9.86. The molecule has 2 aliphatic heterocycles. The normalized spacial score (nSPS) is 21.8. The molecular formula is C17H22N2O2. The molecular weight excluding hydrogens is 264 g/mol. The average Bonchev–Trinajstić information content (AvgIpc) is 2.92. The molecule has 0 bridgehead atoms. The third-order valence-corrected chi connectivity index (χ3v) is 4.77. The molecule has 1 atom stereocenters. The molecule has 1 N–H and O–H groups in total. The van der Waals surface area contributed by atoms with Crippen LogP contribution in [0.2, 0.25) is 0 Å². The SMILES string of the molecule is CC(=O)N1CCC(CC(=O)C2CNc3ccccc32)CC1. The van der Waals surface area contributed by atoms with Crippen LogP contribution >= 0.6 is 0 Å². The molecule has 0 aliphatic carbocycles. The van der Waals surface area contributed by atoms with Gasteiger partial charge in [0.2, 0.25) is 5.91 Å². The Bertz CT molecular complexity index is 547. The van der Waals surface area contributed by atoms with Crippen LogP contribution in [0.25, 0.3) is 0 Å². The lowest BCUT2D eigenvalue weighted by Crippen LogP contribution is -2.37. The molecule has 3 rings (SSSR count). The molecule has 112 valence electrons. The first-order valence-corrected chi connectivity index (χ1v) is 7.76. The molecule has 21 heavy (non-hydrogen) atoms. The summed E-state index contributed by atoms with van der Waals surface area (Å²) in [6.45, 7) is 3.94. The zero-order chi connectivity index (χ0) is 14.8. The number of piperidine rings is 1. The van der Waals surface area contributed by atoms with Gasteiger partial charge in [0.1, 0.15) is 5.78 Å². The van der Waals surface area contributed by atoms with E-state index in [1.54, 1.807) is 6.92 Å². The molecule has 0 spiro atoms. The number of hydrogen-bond acceptors (Lipinski definition) is 3. The summed E-state index contributed by atoms with van der Waals surface area (Å²) in [6, 6.07) is 8.08. The second-order valence-corrected chi connectivity index (χ2v) is 6.14. The molecule has 4 heteroatoms. The van der Waals surface area contributed by atoms with Gasteiger partial charge >= 0.3 is 0 Å². The fraction of sp³-hybridized carbons (Fsp3) is 0.529. The zero-order valence-electron chi connectivity index (χ0n) is 12.5. The summed E-state index contributed by atoms with van der Waals surface area (Å²) in [5, 5.41) is 3.32. The van der Waals surface area contributed by atoms with Crippen LogP contribution in [0.4, 0.5) is 5.69 Å². The second-order valence-electron chi connectivity index (χ2n) is 6.14. The van der Waals surface area contributed by atoms with E-state index in [-0.39, 0.29) is 11.8 Å². The maximum absolute atomic E-state index is 12.6. The lowest BCUT2D eigenvalue weighted by molar-refractivity contribution is -0.130. The lowest BCUT2D eigenvalue weighted by Gasteiger charge is -2.31. The predicted molar refractivity (Wildman–Crippen MR) is 82.3 cm³/mol. The van der Waals surface area contributed by atoms with Gasteiger partial charge in [-0.15, -0.1) is 0 Å². The monoisotopic (exact) mass is 286 g/mol. The maximum atomic E-state index is 12.6. The van der Waals surface area contributed by atoms with E-state index in [4.69, 9.17) is 0 Å². The molecule has 4 nitrogen and oxygen atoms in total. The number of carbonyl (C=O) groups is 2. The number of para-hydroxylation sites is 1. The van der Waals surface area contributed by atoms with Crippen LogP contribution in [0.15, 0.2) is 24.3 Å². The largest absolute Gasteiger partial charge is 0.384 e. The van der Waals surface area contributed by atoms with Gasteiger partial charge in [0.05, 0.1) is 5.92 Å². The molecule has 2 heterocycles. The number of nitrogens with one attached hydrogen (secondary N) is 1. The van der Waals surface area contributed by atoms with Crippen molar-refractivity contribution in [2.45, 2.75) is 32.1 Å². The topological polar surface area (TPSA) is 49.4 Å². The summed E-state index contributed by atoms with van der Waals surface area (Å²) < 4.78 is 0. The Kier molecular flexibility index (Phi) is 3.95. The number of amides is 1. The molecule has 1 saturated heterocycles. The van der Waals surface area contributed by atoms with Gasteiger partial charge in [-0.3, -0.25) is 9.59 Å². The van der Waals surface area contributed by atoms with Gasteiger partial charge in [0.15, 0.2) is 0 Å². The second kappa shape index (κ2) is 5.88. The van der Waals surface area contributed by atoms with Gasteiger partial charge < -0.3 is 10.2 Å². The van der Waals surface area contributed by atoms with Gasteiger partial charge in [-0.1, -0.05) is 18.2 Å². The summed E-state index contributed by atoms with van der Waals surface area (Å²) in [6.07, 6.45) is 2.55. The molecule has 1 unspecified atom stereocenters. The number of carbonyl (C=O) groups excluding carboxylic acids is 2. The molecule has 2 aliphatic rings. The minimum atomic E-state index is 0.00652. The number of fused-ring (bicyclic) bond motifs is 1. The molecule has 0 aromatic heterocycles. The highest BCUT2D eigenvalue weighted by molar-refractivity contribution is 5.90. The number of ketones is 1. The Morgan fingerprint density at radius 2 is 1.95 bits per heavy atom. The number of hydrogen-bond donors (Lipinski definition) is 1. The molecule has 0 saturated carbocycles. The van der Waals surface area contributed by atoms with Crippen LogP contribution in [-0.2, 0) is 9.59 Å². The summed E-state index contributed by atoms with van der Waals surface area (Å²) in [7, 11) is 0. The average molecular weight is 286 g/mol. The highest BCUT2D eigenvalue weighted by Crippen LogP contribution is 2.34. The number of rotatable bonds is 3. The van der Waals surface area contributed by atoms with Crippen molar-refractivity contribution in [3.05, 3.63) is 29.8 Å². The number of likely N-dealkylation sites (tertiary alicyclic amines) is 1. The van der Waals surface area contributed by atoms with Crippen LogP contribution in [0.1, 0.15) is 37.7 Å². The zero-order valence-corrected chi connectivity index (χ0v) is 12.5. The molecule has 0 radical (unpaired) electrons. The van der Waals surface area contributed by atoms with Gasteiger partial charge in [0.25, 0.3) is 0 Å². The van der Waals surface area contributed by atoms with Gasteiger partial charge in [0, 0.05) is 38.7 Å². The summed E-state index contributed by atoms with van der Waals surface area (Å²) >= 11 is 0. The Balaban J connectivity index is 1.57. The van der Waals surface area contributed by atoms with Crippen molar-refractivity contribution in [3.8, 4) is 0 Å². The summed E-state index contributed by atoms with van der Waals surface area (Å²) in [4.78, 5) is 25.8. The molecule has 1 fully saturated rings. The Morgan fingerprint density at radius 1 is 1.24 bits per heavy atom.